The molecule has 1 aliphatic rings. The highest BCUT2D eigenvalue weighted by Crippen LogP contribution is 2.27. The number of methoxy groups -OCH3 is 2. The molecule has 3 rings (SSSR count). The van der Waals surface area contributed by atoms with Crippen LogP contribution in [0.15, 0.2) is 41.4 Å². The van der Waals surface area contributed by atoms with Gasteiger partial charge in [-0.25, -0.2) is 4.79 Å². The summed E-state index contributed by atoms with van der Waals surface area (Å²) in [6, 6.07) is 11.2. The van der Waals surface area contributed by atoms with Crippen LogP contribution in [0.2, 0.25) is 5.02 Å². The van der Waals surface area contributed by atoms with Crippen molar-refractivity contribution in [2.75, 3.05) is 20.8 Å². The van der Waals surface area contributed by atoms with Gasteiger partial charge in [-0.3, -0.25) is 4.99 Å². The van der Waals surface area contributed by atoms with Gasteiger partial charge in [0.2, 0.25) is 0 Å². The van der Waals surface area contributed by atoms with Crippen molar-refractivity contribution in [3.05, 3.63) is 63.7 Å². The Kier molecular flexibility index (Phi) is 4.35. The highest BCUT2D eigenvalue weighted by atomic mass is 35.5. The molecule has 0 saturated carbocycles. The Morgan fingerprint density at radius 3 is 2.74 bits per heavy atom. The molecule has 0 saturated heterocycles. The molecule has 23 heavy (non-hydrogen) atoms. The van der Waals surface area contributed by atoms with E-state index < -0.39 is 5.97 Å². The van der Waals surface area contributed by atoms with Gasteiger partial charge in [-0.05, 0) is 36.2 Å². The van der Waals surface area contributed by atoms with Gasteiger partial charge in [0.05, 0.1) is 19.9 Å². The molecule has 1 aliphatic heterocycles. The minimum absolute atomic E-state index is 0.390. The van der Waals surface area contributed by atoms with E-state index in [0.29, 0.717) is 16.3 Å². The monoisotopic (exact) mass is 329 g/mol. The standard InChI is InChI=1S/C18H16ClNO3/c1-22-16-9-12(4-6-14(16)18(21)23-2)17-15-10-13(19)5-3-11(15)7-8-20-17/h3-6,9-10H,7-8H2,1-2H3. The number of nitrogens with zero attached hydrogens (tertiary/aromatic N) is 1. The van der Waals surface area contributed by atoms with E-state index in [9.17, 15) is 4.79 Å². The van der Waals surface area contributed by atoms with Crippen LogP contribution in [0.3, 0.4) is 0 Å². The minimum atomic E-state index is -0.428. The van der Waals surface area contributed by atoms with E-state index in [1.165, 1.54) is 19.8 Å². The Balaban J connectivity index is 2.08. The predicted molar refractivity (Wildman–Crippen MR) is 90.0 cm³/mol. The molecule has 0 atom stereocenters. The molecule has 2 aromatic rings. The molecule has 0 N–H and O–H groups in total. The Hall–Kier alpha value is -2.33. The fourth-order valence-corrected chi connectivity index (χ4v) is 2.90. The zero-order valence-corrected chi connectivity index (χ0v) is 13.7. The maximum Gasteiger partial charge on any atom is 0.341 e. The first kappa shape index (κ1) is 15.6. The zero-order chi connectivity index (χ0) is 16.4. The summed E-state index contributed by atoms with van der Waals surface area (Å²) in [5.74, 6) is 0.0358. The Morgan fingerprint density at radius 1 is 1.17 bits per heavy atom. The van der Waals surface area contributed by atoms with Crippen LogP contribution >= 0.6 is 11.6 Å². The molecule has 4 nitrogen and oxygen atoms in total. The average molecular weight is 330 g/mol. The van der Waals surface area contributed by atoms with Gasteiger partial charge < -0.3 is 9.47 Å². The van der Waals surface area contributed by atoms with Gasteiger partial charge in [0.25, 0.3) is 0 Å². The quantitative estimate of drug-likeness (QED) is 0.809. The highest BCUT2D eigenvalue weighted by Gasteiger charge is 2.19. The van der Waals surface area contributed by atoms with Crippen LogP contribution in [-0.4, -0.2) is 32.4 Å². The van der Waals surface area contributed by atoms with Crippen molar-refractivity contribution < 1.29 is 14.3 Å². The number of esters is 1. The van der Waals surface area contributed by atoms with Crippen molar-refractivity contribution in [3.8, 4) is 5.75 Å². The second kappa shape index (κ2) is 6.42. The van der Waals surface area contributed by atoms with Crippen molar-refractivity contribution in [1.29, 1.82) is 0 Å². The Bertz CT molecular complexity index is 799. The van der Waals surface area contributed by atoms with Gasteiger partial charge in [0, 0.05) is 22.7 Å². The van der Waals surface area contributed by atoms with Crippen LogP contribution in [0.5, 0.6) is 5.75 Å². The third-order valence-electron chi connectivity index (χ3n) is 3.86. The van der Waals surface area contributed by atoms with Crippen LogP contribution in [0.25, 0.3) is 0 Å². The van der Waals surface area contributed by atoms with E-state index in [-0.39, 0.29) is 0 Å². The Labute approximate surface area is 139 Å². The second-order valence-corrected chi connectivity index (χ2v) is 5.62. The van der Waals surface area contributed by atoms with Gasteiger partial charge in [0.1, 0.15) is 11.3 Å². The lowest BCUT2D eigenvalue weighted by Gasteiger charge is -2.18. The Morgan fingerprint density at radius 2 is 2.00 bits per heavy atom. The predicted octanol–water partition coefficient (Wildman–Crippen LogP) is 3.53. The van der Waals surface area contributed by atoms with Crippen LogP contribution in [0.4, 0.5) is 0 Å². The van der Waals surface area contributed by atoms with Crippen LogP contribution < -0.4 is 4.74 Å². The maximum atomic E-state index is 11.8. The van der Waals surface area contributed by atoms with Crippen LogP contribution in [0, 0.1) is 0 Å². The zero-order valence-electron chi connectivity index (χ0n) is 12.9. The molecule has 0 fully saturated rings. The first-order chi connectivity index (χ1) is 11.1. The lowest BCUT2D eigenvalue weighted by Crippen LogP contribution is -2.15. The fraction of sp³-hybridized carbons (Fsp3) is 0.222. The topological polar surface area (TPSA) is 47.9 Å². The number of aliphatic imine (C=N–C) groups is 1. The van der Waals surface area contributed by atoms with E-state index in [1.54, 1.807) is 12.1 Å². The smallest absolute Gasteiger partial charge is 0.341 e. The molecular weight excluding hydrogens is 314 g/mol. The molecule has 0 bridgehead atoms. The molecule has 2 aromatic carbocycles. The summed E-state index contributed by atoms with van der Waals surface area (Å²) in [4.78, 5) is 16.4. The fourth-order valence-electron chi connectivity index (χ4n) is 2.72. The summed E-state index contributed by atoms with van der Waals surface area (Å²) in [6.45, 7) is 0.727. The van der Waals surface area contributed by atoms with Crippen molar-refractivity contribution >= 4 is 23.3 Å². The van der Waals surface area contributed by atoms with E-state index in [4.69, 9.17) is 21.1 Å². The second-order valence-electron chi connectivity index (χ2n) is 5.19. The van der Waals surface area contributed by atoms with Crippen molar-refractivity contribution in [3.63, 3.8) is 0 Å². The molecule has 0 unspecified atom stereocenters. The summed E-state index contributed by atoms with van der Waals surface area (Å²) in [5, 5.41) is 0.677. The van der Waals surface area contributed by atoms with Gasteiger partial charge >= 0.3 is 5.97 Å². The summed E-state index contributed by atoms with van der Waals surface area (Å²) in [5.41, 5.74) is 4.38. The number of carbonyl (C=O) groups excluding carboxylic acids is 1. The normalized spacial score (nSPS) is 13.1. The van der Waals surface area contributed by atoms with Gasteiger partial charge in [-0.1, -0.05) is 23.7 Å². The number of halogens is 1. The molecule has 5 heteroatoms. The average Bonchev–Trinajstić information content (AvgIpc) is 2.59. The third-order valence-corrected chi connectivity index (χ3v) is 4.09. The lowest BCUT2D eigenvalue weighted by molar-refractivity contribution is 0.0597. The van der Waals surface area contributed by atoms with Crippen molar-refractivity contribution in [2.45, 2.75) is 6.42 Å². The number of hydrogen-bond acceptors (Lipinski definition) is 4. The van der Waals surface area contributed by atoms with Crippen LogP contribution in [-0.2, 0) is 11.2 Å². The molecule has 1 heterocycles. The number of hydrogen-bond donors (Lipinski definition) is 0. The number of fused-ring (bicyclic) bond motifs is 1. The first-order valence-electron chi connectivity index (χ1n) is 7.24. The highest BCUT2D eigenvalue weighted by molar-refractivity contribution is 6.31. The molecular formula is C18H16ClNO3. The van der Waals surface area contributed by atoms with Gasteiger partial charge in [-0.15, -0.1) is 0 Å². The molecule has 0 aromatic heterocycles. The van der Waals surface area contributed by atoms with E-state index in [0.717, 1.165) is 29.8 Å². The van der Waals surface area contributed by atoms with E-state index >= 15 is 0 Å². The first-order valence-corrected chi connectivity index (χ1v) is 7.62. The molecule has 0 spiro atoms. The lowest BCUT2D eigenvalue weighted by atomic mass is 9.93. The molecule has 0 radical (unpaired) electrons. The van der Waals surface area contributed by atoms with E-state index in [2.05, 4.69) is 4.99 Å². The van der Waals surface area contributed by atoms with Crippen molar-refractivity contribution in [1.82, 2.24) is 0 Å². The summed E-state index contributed by atoms with van der Waals surface area (Å²) >= 11 is 6.13. The van der Waals surface area contributed by atoms with Crippen molar-refractivity contribution in [2.24, 2.45) is 4.99 Å². The molecule has 0 aliphatic carbocycles. The summed E-state index contributed by atoms with van der Waals surface area (Å²) in [7, 11) is 2.87. The molecule has 0 amide bonds. The number of rotatable bonds is 3. The molecule has 118 valence electrons. The minimum Gasteiger partial charge on any atom is -0.496 e. The summed E-state index contributed by atoms with van der Waals surface area (Å²) < 4.78 is 10.1. The van der Waals surface area contributed by atoms with Gasteiger partial charge in [0.15, 0.2) is 0 Å². The number of ether oxygens (including phenoxy) is 2. The number of benzene rings is 2. The number of carbonyl (C=O) groups is 1. The van der Waals surface area contributed by atoms with Crippen LogP contribution in [0.1, 0.15) is 27.0 Å². The third kappa shape index (κ3) is 2.94. The SMILES string of the molecule is COC(=O)c1ccc(C2=NCCc3ccc(Cl)cc32)cc1OC. The largest absolute Gasteiger partial charge is 0.496 e. The van der Waals surface area contributed by atoms with E-state index in [1.807, 2.05) is 24.3 Å². The maximum absolute atomic E-state index is 11.8. The summed E-state index contributed by atoms with van der Waals surface area (Å²) in [6.07, 6.45) is 0.896. The van der Waals surface area contributed by atoms with Gasteiger partial charge in [-0.2, -0.15) is 0 Å².